The third-order valence-corrected chi connectivity index (χ3v) is 3.77. The van der Waals surface area contributed by atoms with Gasteiger partial charge in [0.15, 0.2) is 0 Å². The summed E-state index contributed by atoms with van der Waals surface area (Å²) in [6.07, 6.45) is -2.60. The van der Waals surface area contributed by atoms with Crippen molar-refractivity contribution in [1.82, 2.24) is 4.98 Å². The second-order valence-electron chi connectivity index (χ2n) is 5.50. The monoisotopic (exact) mass is 321 g/mol. The standard InChI is InChI=1S/C16H14F3N3O/c1-9-6-21-14-4-10(2-3-13(9)14)15(23)22-12-5-11(7-20-8-12)16(17,18)19/h2-5,7-9,21H,6H2,1H3,(H,22,23). The molecule has 7 heteroatoms. The molecule has 1 aromatic heterocycles. The summed E-state index contributed by atoms with van der Waals surface area (Å²) in [5.74, 6) is -0.106. The van der Waals surface area contributed by atoms with Crippen molar-refractivity contribution in [3.05, 3.63) is 53.3 Å². The zero-order valence-corrected chi connectivity index (χ0v) is 12.2. The predicted octanol–water partition coefficient (Wildman–Crippen LogP) is 3.88. The smallest absolute Gasteiger partial charge is 0.384 e. The van der Waals surface area contributed by atoms with E-state index in [9.17, 15) is 18.0 Å². The van der Waals surface area contributed by atoms with Gasteiger partial charge in [-0.25, -0.2) is 0 Å². The van der Waals surface area contributed by atoms with Gasteiger partial charge in [0.25, 0.3) is 5.91 Å². The van der Waals surface area contributed by atoms with E-state index in [1.807, 2.05) is 6.07 Å². The highest BCUT2D eigenvalue weighted by Crippen LogP contribution is 2.32. The molecule has 1 unspecified atom stereocenters. The third-order valence-electron chi connectivity index (χ3n) is 3.77. The Morgan fingerprint density at radius 3 is 2.83 bits per heavy atom. The van der Waals surface area contributed by atoms with Gasteiger partial charge in [-0.1, -0.05) is 13.0 Å². The number of nitrogens with one attached hydrogen (secondary N) is 2. The molecule has 4 nitrogen and oxygen atoms in total. The van der Waals surface area contributed by atoms with Crippen LogP contribution >= 0.6 is 0 Å². The Hall–Kier alpha value is -2.57. The summed E-state index contributed by atoms with van der Waals surface area (Å²) >= 11 is 0. The molecular weight excluding hydrogens is 307 g/mol. The number of nitrogens with zero attached hydrogens (tertiary/aromatic N) is 1. The number of fused-ring (bicyclic) bond motifs is 1. The van der Waals surface area contributed by atoms with Gasteiger partial charge >= 0.3 is 6.18 Å². The van der Waals surface area contributed by atoms with Crippen molar-refractivity contribution < 1.29 is 18.0 Å². The van der Waals surface area contributed by atoms with Gasteiger partial charge in [-0.15, -0.1) is 0 Å². The minimum Gasteiger partial charge on any atom is -0.384 e. The zero-order chi connectivity index (χ0) is 16.6. The number of hydrogen-bond acceptors (Lipinski definition) is 3. The highest BCUT2D eigenvalue weighted by molar-refractivity contribution is 6.05. The van der Waals surface area contributed by atoms with Gasteiger partial charge in [0.05, 0.1) is 17.4 Å². The van der Waals surface area contributed by atoms with Crippen molar-refractivity contribution in [3.8, 4) is 0 Å². The molecular formula is C16H14F3N3O. The molecule has 23 heavy (non-hydrogen) atoms. The quantitative estimate of drug-likeness (QED) is 0.882. The van der Waals surface area contributed by atoms with Gasteiger partial charge in [0.1, 0.15) is 0 Å². The van der Waals surface area contributed by atoms with Crippen LogP contribution < -0.4 is 10.6 Å². The molecule has 0 aliphatic carbocycles. The lowest BCUT2D eigenvalue weighted by Crippen LogP contribution is -2.13. The van der Waals surface area contributed by atoms with Gasteiger partial charge in [0.2, 0.25) is 0 Å². The van der Waals surface area contributed by atoms with E-state index in [2.05, 4.69) is 22.5 Å². The maximum absolute atomic E-state index is 12.7. The highest BCUT2D eigenvalue weighted by atomic mass is 19.4. The molecule has 1 aromatic carbocycles. The number of anilines is 2. The number of pyridine rings is 1. The Labute approximate surface area is 130 Å². The second-order valence-corrected chi connectivity index (χ2v) is 5.50. The maximum Gasteiger partial charge on any atom is 0.417 e. The van der Waals surface area contributed by atoms with Gasteiger partial charge in [-0.05, 0) is 23.8 Å². The molecule has 0 radical (unpaired) electrons. The molecule has 0 fully saturated rings. The van der Waals surface area contributed by atoms with E-state index in [0.717, 1.165) is 30.1 Å². The lowest BCUT2D eigenvalue weighted by Gasteiger charge is -2.10. The summed E-state index contributed by atoms with van der Waals surface area (Å²) in [4.78, 5) is 15.7. The Morgan fingerprint density at radius 1 is 1.30 bits per heavy atom. The first kappa shape index (κ1) is 15.3. The van der Waals surface area contributed by atoms with Crippen LogP contribution in [0, 0.1) is 0 Å². The summed E-state index contributed by atoms with van der Waals surface area (Å²) in [7, 11) is 0. The van der Waals surface area contributed by atoms with Crippen molar-refractivity contribution in [2.24, 2.45) is 0 Å². The van der Waals surface area contributed by atoms with Crippen molar-refractivity contribution in [2.45, 2.75) is 19.0 Å². The van der Waals surface area contributed by atoms with Crippen LogP contribution in [0.15, 0.2) is 36.7 Å². The molecule has 1 atom stereocenters. The SMILES string of the molecule is CC1CNc2cc(C(=O)Nc3cncc(C(F)(F)F)c3)ccc21. The Bertz CT molecular complexity index is 758. The Kier molecular flexibility index (Phi) is 3.71. The lowest BCUT2D eigenvalue weighted by atomic mass is 10.0. The summed E-state index contributed by atoms with van der Waals surface area (Å²) in [5, 5.41) is 5.64. The van der Waals surface area contributed by atoms with Crippen LogP contribution in [-0.2, 0) is 6.18 Å². The van der Waals surface area contributed by atoms with Crippen LogP contribution in [0.4, 0.5) is 24.5 Å². The average molecular weight is 321 g/mol. The molecule has 2 N–H and O–H groups in total. The second kappa shape index (κ2) is 5.57. The van der Waals surface area contributed by atoms with E-state index in [1.54, 1.807) is 12.1 Å². The Balaban J connectivity index is 1.80. The van der Waals surface area contributed by atoms with Gasteiger partial charge in [0, 0.05) is 29.9 Å². The molecule has 0 bridgehead atoms. The van der Waals surface area contributed by atoms with Crippen LogP contribution in [0.1, 0.15) is 34.3 Å². The normalized spacial score (nSPS) is 16.6. The van der Waals surface area contributed by atoms with Crippen LogP contribution in [0.2, 0.25) is 0 Å². The van der Waals surface area contributed by atoms with E-state index < -0.39 is 17.6 Å². The molecule has 1 aliphatic heterocycles. The van der Waals surface area contributed by atoms with E-state index in [4.69, 9.17) is 0 Å². The maximum atomic E-state index is 12.7. The first-order valence-electron chi connectivity index (χ1n) is 7.06. The Morgan fingerprint density at radius 2 is 2.09 bits per heavy atom. The molecule has 120 valence electrons. The first-order valence-corrected chi connectivity index (χ1v) is 7.06. The van der Waals surface area contributed by atoms with Crippen molar-refractivity contribution in [2.75, 3.05) is 17.2 Å². The van der Waals surface area contributed by atoms with Crippen LogP contribution in [0.5, 0.6) is 0 Å². The number of amides is 1. The van der Waals surface area contributed by atoms with E-state index in [0.29, 0.717) is 11.5 Å². The summed E-state index contributed by atoms with van der Waals surface area (Å²) < 4.78 is 38.0. The van der Waals surface area contributed by atoms with Crippen LogP contribution in [-0.4, -0.2) is 17.4 Å². The molecule has 1 amide bonds. The van der Waals surface area contributed by atoms with Crippen molar-refractivity contribution >= 4 is 17.3 Å². The zero-order valence-electron chi connectivity index (χ0n) is 12.2. The van der Waals surface area contributed by atoms with Crippen LogP contribution in [0.25, 0.3) is 0 Å². The number of aromatic nitrogens is 1. The van der Waals surface area contributed by atoms with Crippen molar-refractivity contribution in [1.29, 1.82) is 0 Å². The average Bonchev–Trinajstić information content (AvgIpc) is 2.87. The number of alkyl halides is 3. The molecule has 3 rings (SSSR count). The van der Waals surface area contributed by atoms with E-state index in [1.165, 1.54) is 6.20 Å². The fourth-order valence-electron chi connectivity index (χ4n) is 2.52. The number of benzene rings is 1. The summed E-state index contributed by atoms with van der Waals surface area (Å²) in [5.41, 5.74) is 1.49. The first-order chi connectivity index (χ1) is 10.8. The number of carbonyl (C=O) groups excluding carboxylic acids is 1. The predicted molar refractivity (Wildman–Crippen MR) is 80.5 cm³/mol. The summed E-state index contributed by atoms with van der Waals surface area (Å²) in [6, 6.07) is 6.09. The molecule has 1 aliphatic rings. The molecule has 2 heterocycles. The van der Waals surface area contributed by atoms with Crippen molar-refractivity contribution in [3.63, 3.8) is 0 Å². The molecule has 0 saturated carbocycles. The molecule has 0 spiro atoms. The number of rotatable bonds is 2. The fourth-order valence-corrected chi connectivity index (χ4v) is 2.52. The van der Waals surface area contributed by atoms with Gasteiger partial charge in [-0.2, -0.15) is 13.2 Å². The topological polar surface area (TPSA) is 54.0 Å². The van der Waals surface area contributed by atoms with E-state index >= 15 is 0 Å². The number of carbonyl (C=O) groups is 1. The minimum absolute atomic E-state index is 0.00616. The highest BCUT2D eigenvalue weighted by Gasteiger charge is 2.31. The molecule has 2 aromatic rings. The van der Waals surface area contributed by atoms with E-state index in [-0.39, 0.29) is 5.69 Å². The number of hydrogen-bond donors (Lipinski definition) is 2. The largest absolute Gasteiger partial charge is 0.417 e. The third kappa shape index (κ3) is 3.13. The fraction of sp³-hybridized carbons (Fsp3) is 0.250. The van der Waals surface area contributed by atoms with Gasteiger partial charge < -0.3 is 10.6 Å². The summed E-state index contributed by atoms with van der Waals surface area (Å²) in [6.45, 7) is 2.88. The van der Waals surface area contributed by atoms with Crippen LogP contribution in [0.3, 0.4) is 0 Å². The van der Waals surface area contributed by atoms with Gasteiger partial charge in [-0.3, -0.25) is 9.78 Å². The molecule has 0 saturated heterocycles. The minimum atomic E-state index is -4.50. The number of halogens is 3. The lowest BCUT2D eigenvalue weighted by molar-refractivity contribution is -0.137.